The molecule has 1 amide bonds. The fourth-order valence-electron chi connectivity index (χ4n) is 3.78. The van der Waals surface area contributed by atoms with E-state index in [0.29, 0.717) is 28.5 Å². The first-order valence-corrected chi connectivity index (χ1v) is 12.1. The summed E-state index contributed by atoms with van der Waals surface area (Å²) in [6, 6.07) is 14.0. The Morgan fingerprint density at radius 1 is 1.03 bits per heavy atom. The number of benzene rings is 2. The Morgan fingerprint density at radius 2 is 1.81 bits per heavy atom. The number of fused-ring (bicyclic) bond motifs is 1. The molecule has 0 fully saturated rings. The Labute approximate surface area is 212 Å². The number of ether oxygens (including phenoxy) is 3. The van der Waals surface area contributed by atoms with Crippen LogP contribution in [0.3, 0.4) is 0 Å². The van der Waals surface area contributed by atoms with E-state index < -0.39 is 5.91 Å². The van der Waals surface area contributed by atoms with E-state index in [-0.39, 0.29) is 31.2 Å². The molecular formula is C27H26N2O6S. The maximum Gasteiger partial charge on any atom is 0.251 e. The van der Waals surface area contributed by atoms with E-state index in [1.54, 1.807) is 42.7 Å². The molecular weight excluding hydrogens is 480 g/mol. The number of nitrogens with zero attached hydrogens (tertiary/aromatic N) is 1. The lowest BCUT2D eigenvalue weighted by Crippen LogP contribution is -2.30. The minimum absolute atomic E-state index is 0.105. The summed E-state index contributed by atoms with van der Waals surface area (Å²) < 4.78 is 17.3. The van der Waals surface area contributed by atoms with Gasteiger partial charge in [-0.2, -0.15) is 0 Å². The van der Waals surface area contributed by atoms with Gasteiger partial charge in [-0.3, -0.25) is 9.59 Å². The van der Waals surface area contributed by atoms with Crippen molar-refractivity contribution in [3.05, 3.63) is 70.7 Å². The normalized spacial score (nSPS) is 10.8. The number of aliphatic hydroxyl groups excluding tert-OH is 1. The van der Waals surface area contributed by atoms with Crippen molar-refractivity contribution in [1.82, 2.24) is 10.3 Å². The van der Waals surface area contributed by atoms with Gasteiger partial charge >= 0.3 is 0 Å². The van der Waals surface area contributed by atoms with Gasteiger partial charge in [-0.15, -0.1) is 11.3 Å². The van der Waals surface area contributed by atoms with Crippen LogP contribution >= 0.6 is 11.3 Å². The number of amides is 1. The molecule has 0 radical (unpaired) electrons. The summed E-state index contributed by atoms with van der Waals surface area (Å²) in [5, 5.41) is 14.6. The summed E-state index contributed by atoms with van der Waals surface area (Å²) in [7, 11) is 3.02. The number of carbonyl (C=O) groups excluding carboxylic acids is 2. The number of methoxy groups -OCH3 is 2. The third-order valence-corrected chi connectivity index (χ3v) is 6.73. The van der Waals surface area contributed by atoms with Crippen molar-refractivity contribution < 1.29 is 28.9 Å². The van der Waals surface area contributed by atoms with E-state index in [0.717, 1.165) is 15.6 Å². The number of pyridine rings is 1. The molecule has 8 nitrogen and oxygen atoms in total. The van der Waals surface area contributed by atoms with Crippen LogP contribution in [0.15, 0.2) is 53.9 Å². The number of thiophene rings is 1. The lowest BCUT2D eigenvalue weighted by atomic mass is 10.1. The molecule has 2 heterocycles. The minimum Gasteiger partial charge on any atom is -0.494 e. The molecule has 2 aromatic carbocycles. The van der Waals surface area contributed by atoms with Crippen molar-refractivity contribution in [3.8, 4) is 28.5 Å². The van der Waals surface area contributed by atoms with E-state index in [4.69, 9.17) is 19.3 Å². The van der Waals surface area contributed by atoms with Crippen LogP contribution in [0.1, 0.15) is 26.4 Å². The number of Topliss-reactive ketones (excluding diaryl/α,β-unsaturated/α-hetero) is 1. The van der Waals surface area contributed by atoms with Gasteiger partial charge in [0.2, 0.25) is 0 Å². The van der Waals surface area contributed by atoms with E-state index in [1.165, 1.54) is 18.7 Å². The second kappa shape index (κ2) is 11.2. The van der Waals surface area contributed by atoms with E-state index in [2.05, 4.69) is 23.3 Å². The summed E-state index contributed by atoms with van der Waals surface area (Å²) in [5.41, 5.74) is 3.17. The number of carbonyl (C=O) groups is 2. The smallest absolute Gasteiger partial charge is 0.251 e. The summed E-state index contributed by atoms with van der Waals surface area (Å²) in [6.45, 7) is 1.79. The van der Waals surface area contributed by atoms with Crippen LogP contribution in [0.4, 0.5) is 0 Å². The fourth-order valence-corrected chi connectivity index (χ4v) is 4.82. The largest absolute Gasteiger partial charge is 0.494 e. The van der Waals surface area contributed by atoms with Crippen LogP contribution in [0.5, 0.6) is 17.2 Å². The molecule has 0 saturated carbocycles. The van der Waals surface area contributed by atoms with Crippen molar-refractivity contribution in [2.45, 2.75) is 6.92 Å². The Kier molecular flexibility index (Phi) is 7.82. The summed E-state index contributed by atoms with van der Waals surface area (Å²) in [6.07, 6.45) is 0. The number of hydrogen-bond donors (Lipinski definition) is 2. The molecule has 0 aliphatic rings. The zero-order valence-electron chi connectivity index (χ0n) is 20.2. The standard InChI is InChI=1S/C27H26N2O6S/c1-16-5-4-6-18-19(15-36-26(16)18)25-23(33-2)10-8-20(29-25)21(31)14-28-27(32)17-7-9-22(35-12-11-30)24(13-17)34-3/h4-10,13,15,30H,11-12,14H2,1-3H3,(H,28,32). The predicted octanol–water partition coefficient (Wildman–Crippen LogP) is 4.27. The monoisotopic (exact) mass is 506 g/mol. The number of hydrogen-bond acceptors (Lipinski definition) is 8. The highest BCUT2D eigenvalue weighted by atomic mass is 32.1. The first kappa shape index (κ1) is 25.2. The van der Waals surface area contributed by atoms with Crippen LogP contribution < -0.4 is 19.5 Å². The third-order valence-electron chi connectivity index (χ3n) is 5.60. The third kappa shape index (κ3) is 5.17. The Balaban J connectivity index is 1.52. The van der Waals surface area contributed by atoms with Crippen LogP contribution in [0.2, 0.25) is 0 Å². The van der Waals surface area contributed by atoms with Crippen molar-refractivity contribution >= 4 is 33.1 Å². The number of rotatable bonds is 10. The van der Waals surface area contributed by atoms with Crippen LogP contribution in [0.25, 0.3) is 21.3 Å². The average Bonchev–Trinajstić information content (AvgIpc) is 3.35. The van der Waals surface area contributed by atoms with Gasteiger partial charge in [0.05, 0.1) is 27.4 Å². The van der Waals surface area contributed by atoms with Gasteiger partial charge in [-0.05, 0) is 42.8 Å². The maximum absolute atomic E-state index is 12.9. The molecule has 9 heteroatoms. The highest BCUT2D eigenvalue weighted by Crippen LogP contribution is 2.38. The quantitative estimate of drug-likeness (QED) is 0.309. The summed E-state index contributed by atoms with van der Waals surface area (Å²) in [4.78, 5) is 30.2. The van der Waals surface area contributed by atoms with Gasteiger partial charge < -0.3 is 24.6 Å². The summed E-state index contributed by atoms with van der Waals surface area (Å²) in [5.74, 6) is 0.543. The Hall–Kier alpha value is -3.95. The molecule has 2 aromatic heterocycles. The van der Waals surface area contributed by atoms with Crippen molar-refractivity contribution in [1.29, 1.82) is 0 Å². The minimum atomic E-state index is -0.441. The first-order valence-electron chi connectivity index (χ1n) is 11.2. The van der Waals surface area contributed by atoms with Crippen LogP contribution in [-0.4, -0.2) is 55.8 Å². The average molecular weight is 507 g/mol. The predicted molar refractivity (Wildman–Crippen MR) is 139 cm³/mol. The maximum atomic E-state index is 12.9. The Bertz CT molecular complexity index is 1410. The van der Waals surface area contributed by atoms with Gasteiger partial charge in [-0.1, -0.05) is 18.2 Å². The lowest BCUT2D eigenvalue weighted by Gasteiger charge is -2.12. The molecule has 2 N–H and O–H groups in total. The fraction of sp³-hybridized carbons (Fsp3) is 0.222. The molecule has 4 rings (SSSR count). The van der Waals surface area contributed by atoms with Crippen LogP contribution in [0, 0.1) is 6.92 Å². The number of aromatic nitrogens is 1. The van der Waals surface area contributed by atoms with Gasteiger partial charge in [-0.25, -0.2) is 4.98 Å². The van der Waals surface area contributed by atoms with Gasteiger partial charge in [0.15, 0.2) is 17.3 Å². The Morgan fingerprint density at radius 3 is 2.56 bits per heavy atom. The second-order valence-electron chi connectivity index (χ2n) is 7.89. The van der Waals surface area contributed by atoms with E-state index in [1.807, 2.05) is 17.5 Å². The first-order chi connectivity index (χ1) is 17.5. The van der Waals surface area contributed by atoms with Crippen molar-refractivity contribution in [3.63, 3.8) is 0 Å². The summed E-state index contributed by atoms with van der Waals surface area (Å²) >= 11 is 1.62. The van der Waals surface area contributed by atoms with Gasteiger partial charge in [0.1, 0.15) is 23.7 Å². The zero-order valence-corrected chi connectivity index (χ0v) is 21.0. The van der Waals surface area contributed by atoms with Gasteiger partial charge in [0.25, 0.3) is 5.91 Å². The molecule has 0 bridgehead atoms. The molecule has 0 aliphatic heterocycles. The molecule has 0 aliphatic carbocycles. The number of ketones is 1. The number of aliphatic hydroxyl groups is 1. The van der Waals surface area contributed by atoms with E-state index >= 15 is 0 Å². The second-order valence-corrected chi connectivity index (χ2v) is 8.77. The zero-order chi connectivity index (χ0) is 25.7. The molecule has 0 spiro atoms. The number of aryl methyl sites for hydroxylation is 1. The molecule has 4 aromatic rings. The number of nitrogens with one attached hydrogen (secondary N) is 1. The lowest BCUT2D eigenvalue weighted by molar-refractivity contribution is 0.0902. The SMILES string of the molecule is COc1cc(C(=O)NCC(=O)c2ccc(OC)c(-c3csc4c(C)cccc34)n2)ccc1OCCO. The van der Waals surface area contributed by atoms with Crippen molar-refractivity contribution in [2.24, 2.45) is 0 Å². The topological polar surface area (TPSA) is 107 Å². The molecule has 36 heavy (non-hydrogen) atoms. The highest BCUT2D eigenvalue weighted by Gasteiger charge is 2.18. The molecule has 0 unspecified atom stereocenters. The van der Waals surface area contributed by atoms with Crippen LogP contribution in [-0.2, 0) is 0 Å². The molecule has 0 atom stereocenters. The van der Waals surface area contributed by atoms with E-state index in [9.17, 15) is 9.59 Å². The van der Waals surface area contributed by atoms with Crippen molar-refractivity contribution in [2.75, 3.05) is 34.0 Å². The molecule has 0 saturated heterocycles. The van der Waals surface area contributed by atoms with Gasteiger partial charge in [0, 0.05) is 26.6 Å². The highest BCUT2D eigenvalue weighted by molar-refractivity contribution is 7.18. The molecule has 186 valence electrons.